The zero-order valence-corrected chi connectivity index (χ0v) is 18.8. The van der Waals surface area contributed by atoms with E-state index in [4.69, 9.17) is 19.7 Å². The lowest BCUT2D eigenvalue weighted by Gasteiger charge is -2.10. The summed E-state index contributed by atoms with van der Waals surface area (Å²) in [6, 6.07) is 1.42. The van der Waals surface area contributed by atoms with Gasteiger partial charge in [-0.15, -0.1) is 0 Å². The molecule has 0 saturated carbocycles. The highest BCUT2D eigenvalue weighted by Crippen LogP contribution is 2.32. The molecule has 0 spiro atoms. The van der Waals surface area contributed by atoms with Gasteiger partial charge in [0.25, 0.3) is 0 Å². The van der Waals surface area contributed by atoms with E-state index >= 15 is 0 Å². The number of fused-ring (bicyclic) bond motifs is 1. The second kappa shape index (κ2) is 8.63. The summed E-state index contributed by atoms with van der Waals surface area (Å²) >= 11 is 0. The van der Waals surface area contributed by atoms with Gasteiger partial charge >= 0.3 is 0 Å². The van der Waals surface area contributed by atoms with Crippen LogP contribution in [-0.4, -0.2) is 69.9 Å². The zero-order chi connectivity index (χ0) is 22.2. The SMILES string of the molecule is COc1ncc(-n2nc(-c3cn(CC4CCN(C)C4)nc3C)c3c2CCOCC3)cc1F. The minimum Gasteiger partial charge on any atom is -0.479 e. The van der Waals surface area contributed by atoms with Crippen molar-refractivity contribution in [1.29, 1.82) is 0 Å². The molecular formula is C23H29FN6O2. The van der Waals surface area contributed by atoms with Crippen molar-refractivity contribution >= 4 is 0 Å². The third-order valence-corrected chi connectivity index (χ3v) is 6.44. The van der Waals surface area contributed by atoms with Crippen LogP contribution in [0.4, 0.5) is 4.39 Å². The van der Waals surface area contributed by atoms with Crippen LogP contribution in [0.3, 0.4) is 0 Å². The van der Waals surface area contributed by atoms with Crippen molar-refractivity contribution in [3.05, 3.63) is 41.2 Å². The number of nitrogens with zero attached hydrogens (tertiary/aromatic N) is 6. The molecule has 0 bridgehead atoms. The first-order valence-corrected chi connectivity index (χ1v) is 11.1. The molecule has 5 rings (SSSR count). The second-order valence-corrected chi connectivity index (χ2v) is 8.75. The summed E-state index contributed by atoms with van der Waals surface area (Å²) in [5.41, 5.74) is 5.62. The highest BCUT2D eigenvalue weighted by atomic mass is 19.1. The van der Waals surface area contributed by atoms with E-state index in [1.165, 1.54) is 19.6 Å². The van der Waals surface area contributed by atoms with Crippen LogP contribution in [-0.2, 0) is 24.1 Å². The zero-order valence-electron chi connectivity index (χ0n) is 18.8. The molecule has 0 radical (unpaired) electrons. The fourth-order valence-electron chi connectivity index (χ4n) is 4.84. The number of aryl methyl sites for hydroxylation is 1. The van der Waals surface area contributed by atoms with Crippen molar-refractivity contribution in [1.82, 2.24) is 29.4 Å². The number of pyridine rings is 1. The largest absolute Gasteiger partial charge is 0.479 e. The van der Waals surface area contributed by atoms with Gasteiger partial charge in [0.15, 0.2) is 5.82 Å². The van der Waals surface area contributed by atoms with Crippen LogP contribution in [0, 0.1) is 18.7 Å². The molecule has 3 aromatic rings. The van der Waals surface area contributed by atoms with Crippen molar-refractivity contribution in [3.63, 3.8) is 0 Å². The number of aromatic nitrogens is 5. The maximum atomic E-state index is 14.4. The average Bonchev–Trinajstić information content (AvgIpc) is 3.39. The van der Waals surface area contributed by atoms with E-state index in [1.807, 2.05) is 6.92 Å². The molecule has 1 atom stereocenters. The van der Waals surface area contributed by atoms with Crippen LogP contribution in [0.15, 0.2) is 18.5 Å². The first-order valence-electron chi connectivity index (χ1n) is 11.1. The average molecular weight is 441 g/mol. The highest BCUT2D eigenvalue weighted by Gasteiger charge is 2.26. The van der Waals surface area contributed by atoms with Gasteiger partial charge in [-0.3, -0.25) is 4.68 Å². The van der Waals surface area contributed by atoms with E-state index in [1.54, 1.807) is 10.9 Å². The van der Waals surface area contributed by atoms with Crippen molar-refractivity contribution in [2.24, 2.45) is 5.92 Å². The van der Waals surface area contributed by atoms with Gasteiger partial charge in [0.05, 0.1) is 49.3 Å². The molecule has 0 aromatic carbocycles. The molecule has 32 heavy (non-hydrogen) atoms. The maximum Gasteiger partial charge on any atom is 0.250 e. The molecule has 170 valence electrons. The highest BCUT2D eigenvalue weighted by molar-refractivity contribution is 5.67. The molecule has 0 N–H and O–H groups in total. The fourth-order valence-corrected chi connectivity index (χ4v) is 4.84. The quantitative estimate of drug-likeness (QED) is 0.608. The fraction of sp³-hybridized carbons (Fsp3) is 0.522. The van der Waals surface area contributed by atoms with E-state index < -0.39 is 5.82 Å². The van der Waals surface area contributed by atoms with E-state index in [0.29, 0.717) is 31.2 Å². The third-order valence-electron chi connectivity index (χ3n) is 6.44. The van der Waals surface area contributed by atoms with Gasteiger partial charge in [-0.1, -0.05) is 0 Å². The monoisotopic (exact) mass is 440 g/mol. The molecule has 3 aromatic heterocycles. The van der Waals surface area contributed by atoms with E-state index in [-0.39, 0.29) is 5.88 Å². The Balaban J connectivity index is 1.54. The molecule has 8 nitrogen and oxygen atoms in total. The predicted octanol–water partition coefficient (Wildman–Crippen LogP) is 2.65. The molecular weight excluding hydrogens is 411 g/mol. The molecule has 1 saturated heterocycles. The Hall–Kier alpha value is -2.78. The Morgan fingerprint density at radius 2 is 2.09 bits per heavy atom. The first-order chi connectivity index (χ1) is 15.5. The van der Waals surface area contributed by atoms with Gasteiger partial charge in [0.2, 0.25) is 5.88 Å². The number of likely N-dealkylation sites (tertiary alicyclic amines) is 1. The molecule has 2 aliphatic rings. The van der Waals surface area contributed by atoms with Gasteiger partial charge in [0, 0.05) is 42.9 Å². The summed E-state index contributed by atoms with van der Waals surface area (Å²) in [7, 11) is 3.57. The maximum absolute atomic E-state index is 14.4. The van der Waals surface area contributed by atoms with Crippen LogP contribution in [0.25, 0.3) is 16.9 Å². The topological polar surface area (TPSA) is 70.2 Å². The molecule has 1 fully saturated rings. The Morgan fingerprint density at radius 1 is 1.25 bits per heavy atom. The molecule has 5 heterocycles. The van der Waals surface area contributed by atoms with Crippen molar-refractivity contribution in [2.45, 2.75) is 32.7 Å². The van der Waals surface area contributed by atoms with E-state index in [2.05, 4.69) is 27.8 Å². The molecule has 0 aliphatic carbocycles. The standard InChI is InChI=1S/C23H29FN6O2/c1-15-19(14-29(26-15)13-16-4-7-28(2)12-16)22-18-5-8-32-9-6-21(18)30(27-22)17-10-20(24)23(31-3)25-11-17/h10-11,14,16H,4-9,12-13H2,1-3H3. The minimum atomic E-state index is -0.508. The first kappa shape index (κ1) is 21.1. The van der Waals surface area contributed by atoms with Gasteiger partial charge in [0.1, 0.15) is 0 Å². The van der Waals surface area contributed by atoms with Crippen LogP contribution in [0.2, 0.25) is 0 Å². The molecule has 0 amide bonds. The lowest BCUT2D eigenvalue weighted by Crippen LogP contribution is -2.17. The lowest BCUT2D eigenvalue weighted by atomic mass is 10.0. The summed E-state index contributed by atoms with van der Waals surface area (Å²) in [5, 5.41) is 9.74. The number of ether oxygens (including phenoxy) is 2. The number of rotatable bonds is 5. The third kappa shape index (κ3) is 3.91. The predicted molar refractivity (Wildman–Crippen MR) is 118 cm³/mol. The van der Waals surface area contributed by atoms with Gasteiger partial charge in [-0.25, -0.2) is 14.1 Å². The van der Waals surface area contributed by atoms with Crippen molar-refractivity contribution in [2.75, 3.05) is 40.5 Å². The van der Waals surface area contributed by atoms with E-state index in [0.717, 1.165) is 54.3 Å². The summed E-state index contributed by atoms with van der Waals surface area (Å²) in [6.45, 7) is 6.43. The summed E-state index contributed by atoms with van der Waals surface area (Å²) in [5.74, 6) is 0.0833. The Kier molecular flexibility index (Phi) is 5.69. The number of hydrogen-bond acceptors (Lipinski definition) is 6. The number of methoxy groups -OCH3 is 1. The van der Waals surface area contributed by atoms with Crippen LogP contribution < -0.4 is 4.74 Å². The van der Waals surface area contributed by atoms with Crippen molar-refractivity contribution < 1.29 is 13.9 Å². The Bertz CT molecular complexity index is 1120. The molecule has 1 unspecified atom stereocenters. The molecule has 9 heteroatoms. The minimum absolute atomic E-state index is 0.0229. The Labute approximate surface area is 186 Å². The summed E-state index contributed by atoms with van der Waals surface area (Å²) in [4.78, 5) is 6.47. The van der Waals surface area contributed by atoms with Gasteiger partial charge < -0.3 is 14.4 Å². The lowest BCUT2D eigenvalue weighted by molar-refractivity contribution is 0.145. The Morgan fingerprint density at radius 3 is 2.84 bits per heavy atom. The smallest absolute Gasteiger partial charge is 0.250 e. The van der Waals surface area contributed by atoms with E-state index in [9.17, 15) is 4.39 Å². The van der Waals surface area contributed by atoms with Gasteiger partial charge in [-0.05, 0) is 39.3 Å². The number of hydrogen-bond donors (Lipinski definition) is 0. The summed E-state index contributed by atoms with van der Waals surface area (Å²) in [6.07, 6.45) is 6.37. The second-order valence-electron chi connectivity index (χ2n) is 8.75. The van der Waals surface area contributed by atoms with Gasteiger partial charge in [-0.2, -0.15) is 10.2 Å². The van der Waals surface area contributed by atoms with Crippen LogP contribution in [0.1, 0.15) is 23.4 Å². The summed E-state index contributed by atoms with van der Waals surface area (Å²) < 4.78 is 29.0. The van der Waals surface area contributed by atoms with Crippen LogP contribution in [0.5, 0.6) is 5.88 Å². The van der Waals surface area contributed by atoms with Crippen LogP contribution >= 0.6 is 0 Å². The van der Waals surface area contributed by atoms with Crippen molar-refractivity contribution in [3.8, 4) is 22.8 Å². The normalized spacial score (nSPS) is 19.2. The number of halogens is 1. The molecule has 2 aliphatic heterocycles.